The van der Waals surface area contributed by atoms with Gasteiger partial charge in [0, 0.05) is 6.42 Å². The summed E-state index contributed by atoms with van der Waals surface area (Å²) < 4.78 is 26.8. The van der Waals surface area contributed by atoms with Gasteiger partial charge in [0.1, 0.15) is 11.6 Å². The first-order valence-corrected chi connectivity index (χ1v) is 6.67. The normalized spacial score (nSPS) is 10.6. The fourth-order valence-electron chi connectivity index (χ4n) is 1.97. The molecule has 20 heavy (non-hydrogen) atoms. The monoisotopic (exact) mass is 294 g/mol. The van der Waals surface area contributed by atoms with E-state index in [0.29, 0.717) is 6.42 Å². The molecule has 0 bridgehead atoms. The van der Waals surface area contributed by atoms with Gasteiger partial charge in [-0.3, -0.25) is 4.79 Å². The van der Waals surface area contributed by atoms with Crippen LogP contribution in [0.5, 0.6) is 0 Å². The molecule has 2 rings (SSSR count). The van der Waals surface area contributed by atoms with E-state index in [0.717, 1.165) is 24.1 Å². The summed E-state index contributed by atoms with van der Waals surface area (Å²) in [5, 5.41) is -0.316. The Morgan fingerprint density at radius 3 is 2.45 bits per heavy atom. The molecule has 0 N–H and O–H groups in total. The number of hydrogen-bond acceptors (Lipinski definition) is 1. The van der Waals surface area contributed by atoms with Crippen molar-refractivity contribution < 1.29 is 13.6 Å². The Balaban J connectivity index is 1.97. The van der Waals surface area contributed by atoms with Crippen molar-refractivity contribution in [1.29, 1.82) is 0 Å². The van der Waals surface area contributed by atoms with Crippen LogP contribution < -0.4 is 0 Å². The second-order valence-electron chi connectivity index (χ2n) is 4.51. The van der Waals surface area contributed by atoms with Crippen molar-refractivity contribution in [3.63, 3.8) is 0 Å². The lowest BCUT2D eigenvalue weighted by Crippen LogP contribution is -2.04. The van der Waals surface area contributed by atoms with Crippen LogP contribution in [0.4, 0.5) is 8.78 Å². The van der Waals surface area contributed by atoms with Crippen molar-refractivity contribution in [3.8, 4) is 0 Å². The van der Waals surface area contributed by atoms with Crippen LogP contribution in [0.3, 0.4) is 0 Å². The van der Waals surface area contributed by atoms with Gasteiger partial charge in [-0.2, -0.15) is 0 Å². The number of aryl methyl sites for hydroxylation is 1. The Hall–Kier alpha value is -1.74. The maximum absolute atomic E-state index is 13.6. The van der Waals surface area contributed by atoms with E-state index in [-0.39, 0.29) is 17.0 Å². The van der Waals surface area contributed by atoms with Gasteiger partial charge in [0.05, 0.1) is 10.6 Å². The molecule has 0 fully saturated rings. The molecule has 0 aliphatic rings. The first-order valence-electron chi connectivity index (χ1n) is 6.29. The quantitative estimate of drug-likeness (QED) is 0.570. The first-order chi connectivity index (χ1) is 9.58. The molecule has 2 aromatic carbocycles. The smallest absolute Gasteiger partial charge is 0.165 e. The third-order valence-corrected chi connectivity index (χ3v) is 3.31. The van der Waals surface area contributed by atoms with Crippen LogP contribution in [-0.4, -0.2) is 5.78 Å². The highest BCUT2D eigenvalue weighted by Gasteiger charge is 2.15. The molecule has 104 valence electrons. The molecule has 0 atom stereocenters. The summed E-state index contributed by atoms with van der Waals surface area (Å²) in [6.45, 7) is 0. The predicted octanol–water partition coefficient (Wildman–Crippen LogP) is 4.82. The van der Waals surface area contributed by atoms with Gasteiger partial charge in [-0.25, -0.2) is 8.78 Å². The topological polar surface area (TPSA) is 17.1 Å². The molecule has 0 saturated heterocycles. The third kappa shape index (κ3) is 3.64. The molecule has 0 heterocycles. The van der Waals surface area contributed by atoms with Gasteiger partial charge >= 0.3 is 0 Å². The number of Topliss-reactive ketones (excluding diaryl/α,β-unsaturated/α-hetero) is 1. The molecule has 0 aliphatic carbocycles. The molecule has 2 aromatic rings. The highest BCUT2D eigenvalue weighted by molar-refractivity contribution is 6.30. The van der Waals surface area contributed by atoms with Gasteiger partial charge in [0.25, 0.3) is 0 Å². The molecule has 0 saturated carbocycles. The fraction of sp³-hybridized carbons (Fsp3) is 0.188. The molecule has 4 heteroatoms. The highest BCUT2D eigenvalue weighted by Crippen LogP contribution is 2.21. The first kappa shape index (κ1) is 14.7. The van der Waals surface area contributed by atoms with Crippen LogP contribution in [0.2, 0.25) is 5.02 Å². The minimum Gasteiger partial charge on any atom is -0.294 e. The van der Waals surface area contributed by atoms with E-state index in [9.17, 15) is 13.6 Å². The highest BCUT2D eigenvalue weighted by atomic mass is 35.5. The predicted molar refractivity (Wildman–Crippen MR) is 75.1 cm³/mol. The Kier molecular flexibility index (Phi) is 4.85. The maximum Gasteiger partial charge on any atom is 0.165 e. The van der Waals surface area contributed by atoms with E-state index in [2.05, 4.69) is 0 Å². The second-order valence-corrected chi connectivity index (χ2v) is 4.92. The van der Waals surface area contributed by atoms with E-state index in [4.69, 9.17) is 11.6 Å². The zero-order chi connectivity index (χ0) is 14.5. The zero-order valence-corrected chi connectivity index (χ0v) is 11.5. The standard InChI is InChI=1S/C16H13ClF2O/c17-13-10-14(18)12(9-15(13)19)16(20)8-4-7-11-5-2-1-3-6-11/h1-3,5-6,9-10H,4,7-8H2. The van der Waals surface area contributed by atoms with Gasteiger partial charge < -0.3 is 0 Å². The average molecular weight is 295 g/mol. The van der Waals surface area contributed by atoms with Gasteiger partial charge in [-0.1, -0.05) is 41.9 Å². The average Bonchev–Trinajstić information content (AvgIpc) is 2.44. The number of carbonyl (C=O) groups excluding carboxylic acids is 1. The molecule has 1 nitrogen and oxygen atoms in total. The largest absolute Gasteiger partial charge is 0.294 e. The van der Waals surface area contributed by atoms with E-state index < -0.39 is 17.4 Å². The summed E-state index contributed by atoms with van der Waals surface area (Å²) in [4.78, 5) is 11.9. The van der Waals surface area contributed by atoms with Crippen LogP contribution in [0.15, 0.2) is 42.5 Å². The summed E-state index contributed by atoms with van der Waals surface area (Å²) in [5.74, 6) is -1.96. The molecule has 0 amide bonds. The lowest BCUT2D eigenvalue weighted by molar-refractivity contribution is 0.0976. The SMILES string of the molecule is O=C(CCCc1ccccc1)c1cc(F)c(Cl)cc1F. The van der Waals surface area contributed by atoms with Crippen molar-refractivity contribution in [1.82, 2.24) is 0 Å². The lowest BCUT2D eigenvalue weighted by Gasteiger charge is -2.04. The molecular formula is C16H13ClF2O. The van der Waals surface area contributed by atoms with Crippen molar-refractivity contribution in [3.05, 3.63) is 70.2 Å². The van der Waals surface area contributed by atoms with E-state index >= 15 is 0 Å². The van der Waals surface area contributed by atoms with Crippen LogP contribution >= 0.6 is 11.6 Å². The van der Waals surface area contributed by atoms with Crippen molar-refractivity contribution in [2.24, 2.45) is 0 Å². The summed E-state index contributed by atoms with van der Waals surface area (Å²) in [6, 6.07) is 11.4. The van der Waals surface area contributed by atoms with Crippen LogP contribution in [0.25, 0.3) is 0 Å². The van der Waals surface area contributed by atoms with Crippen molar-refractivity contribution in [2.75, 3.05) is 0 Å². The minimum absolute atomic E-state index is 0.173. The lowest BCUT2D eigenvalue weighted by atomic mass is 10.0. The van der Waals surface area contributed by atoms with Crippen molar-refractivity contribution >= 4 is 17.4 Å². The number of rotatable bonds is 5. The fourth-order valence-corrected chi connectivity index (χ4v) is 2.12. The summed E-state index contributed by atoms with van der Waals surface area (Å²) in [6.07, 6.45) is 1.49. The van der Waals surface area contributed by atoms with Gasteiger partial charge in [0.15, 0.2) is 5.78 Å². The van der Waals surface area contributed by atoms with Gasteiger partial charge in [-0.05, 0) is 30.5 Å². The molecule has 0 aliphatic heterocycles. The van der Waals surface area contributed by atoms with Crippen LogP contribution in [-0.2, 0) is 6.42 Å². The third-order valence-electron chi connectivity index (χ3n) is 3.02. The summed E-state index contributed by atoms with van der Waals surface area (Å²) >= 11 is 5.45. The number of carbonyl (C=O) groups is 1. The number of hydrogen-bond donors (Lipinski definition) is 0. The second kappa shape index (κ2) is 6.62. The Labute approximate surface area is 121 Å². The number of halogens is 3. The maximum atomic E-state index is 13.6. The summed E-state index contributed by atoms with van der Waals surface area (Å²) in [7, 11) is 0. The Morgan fingerprint density at radius 2 is 1.75 bits per heavy atom. The molecule has 0 aromatic heterocycles. The van der Waals surface area contributed by atoms with Gasteiger partial charge in [-0.15, -0.1) is 0 Å². The van der Waals surface area contributed by atoms with Crippen LogP contribution in [0, 0.1) is 11.6 Å². The Morgan fingerprint density at radius 1 is 1.05 bits per heavy atom. The molecule has 0 spiro atoms. The van der Waals surface area contributed by atoms with E-state index in [1.54, 1.807) is 0 Å². The zero-order valence-electron chi connectivity index (χ0n) is 10.7. The molecule has 0 unspecified atom stereocenters. The van der Waals surface area contributed by atoms with E-state index in [1.807, 2.05) is 30.3 Å². The summed E-state index contributed by atoms with van der Waals surface area (Å²) in [5.41, 5.74) is 0.878. The number of benzene rings is 2. The Bertz CT molecular complexity index is 611. The minimum atomic E-state index is -0.778. The van der Waals surface area contributed by atoms with Crippen molar-refractivity contribution in [2.45, 2.75) is 19.3 Å². The van der Waals surface area contributed by atoms with Crippen LogP contribution in [0.1, 0.15) is 28.8 Å². The number of ketones is 1. The van der Waals surface area contributed by atoms with Gasteiger partial charge in [0.2, 0.25) is 0 Å². The molecule has 0 radical (unpaired) electrons. The van der Waals surface area contributed by atoms with E-state index in [1.165, 1.54) is 0 Å². The molecular weight excluding hydrogens is 282 g/mol.